The lowest BCUT2D eigenvalue weighted by atomic mass is 10.1. The van der Waals surface area contributed by atoms with Gasteiger partial charge < -0.3 is 10.6 Å². The second-order valence-electron chi connectivity index (χ2n) is 4.55. The van der Waals surface area contributed by atoms with E-state index in [4.69, 9.17) is 0 Å². The van der Waals surface area contributed by atoms with E-state index in [1.165, 1.54) is 0 Å². The maximum atomic E-state index is 11.3. The Hall–Kier alpha value is -1.06. The van der Waals surface area contributed by atoms with Crippen LogP contribution in [0.4, 0.5) is 0 Å². The molecule has 15 heavy (non-hydrogen) atoms. The molecule has 1 aliphatic carbocycles. The Labute approximate surface area is 90.8 Å². The Kier molecular flexibility index (Phi) is 4.59. The summed E-state index contributed by atoms with van der Waals surface area (Å²) in [7, 11) is 0. The highest BCUT2D eigenvalue weighted by Crippen LogP contribution is 2.18. The third-order valence-corrected chi connectivity index (χ3v) is 2.31. The summed E-state index contributed by atoms with van der Waals surface area (Å²) in [5.41, 5.74) is 0. The van der Waals surface area contributed by atoms with Crippen molar-refractivity contribution in [3.63, 3.8) is 0 Å². The summed E-state index contributed by atoms with van der Waals surface area (Å²) < 4.78 is 0. The maximum Gasteiger partial charge on any atom is 0.229 e. The molecule has 2 N–H and O–H groups in total. The van der Waals surface area contributed by atoms with E-state index in [2.05, 4.69) is 24.5 Å². The molecule has 0 aromatic carbocycles. The molecule has 1 saturated carbocycles. The van der Waals surface area contributed by atoms with Gasteiger partial charge in [-0.1, -0.05) is 13.8 Å². The van der Waals surface area contributed by atoms with E-state index < -0.39 is 0 Å². The zero-order valence-corrected chi connectivity index (χ0v) is 9.51. The van der Waals surface area contributed by atoms with Crippen LogP contribution in [0.25, 0.3) is 0 Å². The summed E-state index contributed by atoms with van der Waals surface area (Å²) in [5, 5.41) is 5.52. The molecular weight excluding hydrogens is 192 g/mol. The number of hydrogen-bond acceptors (Lipinski definition) is 2. The van der Waals surface area contributed by atoms with Gasteiger partial charge in [-0.05, 0) is 25.2 Å². The van der Waals surface area contributed by atoms with Crippen LogP contribution in [0.3, 0.4) is 0 Å². The second kappa shape index (κ2) is 5.73. The molecule has 1 fully saturated rings. The van der Waals surface area contributed by atoms with E-state index >= 15 is 0 Å². The van der Waals surface area contributed by atoms with Crippen molar-refractivity contribution in [1.29, 1.82) is 0 Å². The number of hydrogen-bond donors (Lipinski definition) is 2. The molecule has 0 radical (unpaired) electrons. The van der Waals surface area contributed by atoms with Gasteiger partial charge >= 0.3 is 0 Å². The molecule has 0 bridgehead atoms. The highest BCUT2D eigenvalue weighted by molar-refractivity contribution is 5.97. The number of nitrogens with one attached hydrogen (secondary N) is 2. The van der Waals surface area contributed by atoms with Gasteiger partial charge in [0.15, 0.2) is 0 Å². The Morgan fingerprint density at radius 2 is 1.93 bits per heavy atom. The summed E-state index contributed by atoms with van der Waals surface area (Å²) in [4.78, 5) is 22.5. The average Bonchev–Trinajstić information content (AvgIpc) is 2.86. The van der Waals surface area contributed by atoms with Crippen LogP contribution >= 0.6 is 0 Å². The van der Waals surface area contributed by atoms with Gasteiger partial charge in [-0.25, -0.2) is 0 Å². The third-order valence-electron chi connectivity index (χ3n) is 2.31. The first-order chi connectivity index (χ1) is 7.08. The van der Waals surface area contributed by atoms with E-state index in [1.807, 2.05) is 0 Å². The van der Waals surface area contributed by atoms with Gasteiger partial charge in [-0.3, -0.25) is 9.59 Å². The first kappa shape index (κ1) is 12.0. The minimum Gasteiger partial charge on any atom is -0.356 e. The van der Waals surface area contributed by atoms with Crippen LogP contribution in [0.5, 0.6) is 0 Å². The van der Waals surface area contributed by atoms with E-state index in [9.17, 15) is 9.59 Å². The lowest BCUT2D eigenvalue weighted by Crippen LogP contribution is -2.33. The number of rotatable bonds is 6. The quantitative estimate of drug-likeness (QED) is 0.640. The van der Waals surface area contributed by atoms with Crippen LogP contribution in [0.15, 0.2) is 0 Å². The maximum absolute atomic E-state index is 11.3. The lowest BCUT2D eigenvalue weighted by Gasteiger charge is -2.07. The molecule has 0 heterocycles. The first-order valence-electron chi connectivity index (χ1n) is 5.64. The zero-order valence-electron chi connectivity index (χ0n) is 9.51. The molecule has 1 aliphatic rings. The third kappa shape index (κ3) is 6.10. The molecule has 0 aliphatic heterocycles. The van der Waals surface area contributed by atoms with Gasteiger partial charge in [0, 0.05) is 12.6 Å². The standard InChI is InChI=1S/C11H20N2O2/c1-8(2)5-6-12-10(14)7-11(15)13-9-3-4-9/h8-9H,3-7H2,1-2H3,(H,12,14)(H,13,15). The summed E-state index contributed by atoms with van der Waals surface area (Å²) in [6.45, 7) is 4.87. The van der Waals surface area contributed by atoms with Crippen LogP contribution in [-0.2, 0) is 9.59 Å². The molecule has 0 unspecified atom stereocenters. The molecular formula is C11H20N2O2. The zero-order chi connectivity index (χ0) is 11.3. The van der Waals surface area contributed by atoms with E-state index in [-0.39, 0.29) is 18.2 Å². The minimum atomic E-state index is -0.172. The molecule has 0 aromatic rings. The average molecular weight is 212 g/mol. The summed E-state index contributed by atoms with van der Waals surface area (Å²) >= 11 is 0. The van der Waals surface area contributed by atoms with Crippen LogP contribution < -0.4 is 10.6 Å². The van der Waals surface area contributed by atoms with E-state index in [1.54, 1.807) is 0 Å². The molecule has 4 heteroatoms. The lowest BCUT2D eigenvalue weighted by molar-refractivity contribution is -0.129. The first-order valence-corrected chi connectivity index (χ1v) is 5.64. The van der Waals surface area contributed by atoms with Gasteiger partial charge in [-0.15, -0.1) is 0 Å². The summed E-state index contributed by atoms with van der Waals surface area (Å²) in [6.07, 6.45) is 3.03. The van der Waals surface area contributed by atoms with Gasteiger partial charge in [0.25, 0.3) is 0 Å². The highest BCUT2D eigenvalue weighted by Gasteiger charge is 2.23. The van der Waals surface area contributed by atoms with Gasteiger partial charge in [0.2, 0.25) is 11.8 Å². The molecule has 2 amide bonds. The van der Waals surface area contributed by atoms with Crippen molar-refractivity contribution in [1.82, 2.24) is 10.6 Å². The van der Waals surface area contributed by atoms with Crippen LogP contribution in [0, 0.1) is 5.92 Å². The van der Waals surface area contributed by atoms with Crippen LogP contribution in [0.1, 0.15) is 39.5 Å². The SMILES string of the molecule is CC(C)CCNC(=O)CC(=O)NC1CC1. The minimum absolute atomic E-state index is 0.0331. The van der Waals surface area contributed by atoms with Crippen molar-refractivity contribution in [2.45, 2.75) is 45.6 Å². The van der Waals surface area contributed by atoms with Crippen LogP contribution in [-0.4, -0.2) is 24.4 Å². The molecule has 0 saturated heterocycles. The monoisotopic (exact) mass is 212 g/mol. The molecule has 0 aromatic heterocycles. The van der Waals surface area contributed by atoms with Crippen molar-refractivity contribution < 1.29 is 9.59 Å². The fourth-order valence-electron chi connectivity index (χ4n) is 1.21. The van der Waals surface area contributed by atoms with Gasteiger partial charge in [0.1, 0.15) is 6.42 Å². The summed E-state index contributed by atoms with van der Waals surface area (Å²) in [6, 6.07) is 0.334. The van der Waals surface area contributed by atoms with Gasteiger partial charge in [0.05, 0.1) is 0 Å². The van der Waals surface area contributed by atoms with E-state index in [0.29, 0.717) is 18.5 Å². The van der Waals surface area contributed by atoms with Crippen molar-refractivity contribution in [3.05, 3.63) is 0 Å². The fraction of sp³-hybridized carbons (Fsp3) is 0.818. The normalized spacial score (nSPS) is 15.1. The molecule has 1 rings (SSSR count). The Bertz CT molecular complexity index is 235. The molecule has 86 valence electrons. The van der Waals surface area contributed by atoms with Crippen molar-refractivity contribution in [3.8, 4) is 0 Å². The highest BCUT2D eigenvalue weighted by atomic mass is 16.2. The van der Waals surface area contributed by atoms with Gasteiger partial charge in [-0.2, -0.15) is 0 Å². The number of amides is 2. The van der Waals surface area contributed by atoms with Crippen LogP contribution in [0.2, 0.25) is 0 Å². The molecule has 4 nitrogen and oxygen atoms in total. The number of carbonyl (C=O) groups excluding carboxylic acids is 2. The Morgan fingerprint density at radius 3 is 2.47 bits per heavy atom. The van der Waals surface area contributed by atoms with Crippen molar-refractivity contribution in [2.24, 2.45) is 5.92 Å². The molecule has 0 atom stereocenters. The Morgan fingerprint density at radius 1 is 1.27 bits per heavy atom. The smallest absolute Gasteiger partial charge is 0.229 e. The summed E-state index contributed by atoms with van der Waals surface area (Å²) in [5.74, 6) is 0.249. The van der Waals surface area contributed by atoms with E-state index in [0.717, 1.165) is 19.3 Å². The predicted octanol–water partition coefficient (Wildman–Crippen LogP) is 0.817. The van der Waals surface area contributed by atoms with Crippen molar-refractivity contribution in [2.75, 3.05) is 6.54 Å². The fourth-order valence-corrected chi connectivity index (χ4v) is 1.21. The van der Waals surface area contributed by atoms with Crippen molar-refractivity contribution >= 4 is 11.8 Å². The Balaban J connectivity index is 2.03. The number of carbonyl (C=O) groups is 2. The largest absolute Gasteiger partial charge is 0.356 e. The topological polar surface area (TPSA) is 58.2 Å². The second-order valence-corrected chi connectivity index (χ2v) is 4.55. The molecule has 0 spiro atoms. The predicted molar refractivity (Wildman–Crippen MR) is 58.2 cm³/mol.